The number of oxazole rings is 1. The van der Waals surface area contributed by atoms with Crippen LogP contribution in [0.15, 0.2) is 17.1 Å². The Morgan fingerprint density at radius 3 is 3.00 bits per heavy atom. The first-order valence-electron chi connectivity index (χ1n) is 3.80. The monoisotopic (exact) mass is 139 g/mol. The van der Waals surface area contributed by atoms with E-state index in [0.29, 0.717) is 0 Å². The summed E-state index contributed by atoms with van der Waals surface area (Å²) in [5, 5.41) is 0. The lowest BCUT2D eigenvalue weighted by atomic mass is 10.2. The zero-order valence-corrected chi connectivity index (χ0v) is 6.34. The predicted molar refractivity (Wildman–Crippen MR) is 39.7 cm³/mol. The number of nitrogens with zero attached hydrogens (tertiary/aromatic N) is 1. The minimum absolute atomic E-state index is 1.06. The van der Waals surface area contributed by atoms with Crippen molar-refractivity contribution in [2.45, 2.75) is 32.6 Å². The van der Waals surface area contributed by atoms with Crippen molar-refractivity contribution < 1.29 is 4.42 Å². The van der Waals surface area contributed by atoms with Crippen LogP contribution >= 0.6 is 0 Å². The third-order valence-corrected chi connectivity index (χ3v) is 1.52. The van der Waals surface area contributed by atoms with Crippen LogP contribution in [0.3, 0.4) is 0 Å². The molecule has 0 aromatic carbocycles. The van der Waals surface area contributed by atoms with Gasteiger partial charge in [-0.1, -0.05) is 19.8 Å². The zero-order valence-electron chi connectivity index (χ0n) is 6.34. The molecule has 0 amide bonds. The molecule has 0 unspecified atom stereocenters. The van der Waals surface area contributed by atoms with Gasteiger partial charge < -0.3 is 4.42 Å². The van der Waals surface area contributed by atoms with Gasteiger partial charge in [0.15, 0.2) is 6.39 Å². The Kier molecular flexibility index (Phi) is 3.00. The van der Waals surface area contributed by atoms with Gasteiger partial charge in [0, 0.05) is 0 Å². The molecule has 0 saturated carbocycles. The maximum absolute atomic E-state index is 4.83. The molecule has 1 rings (SSSR count). The van der Waals surface area contributed by atoms with Crippen LogP contribution in [0.5, 0.6) is 0 Å². The van der Waals surface area contributed by atoms with E-state index in [1.165, 1.54) is 25.7 Å². The maximum atomic E-state index is 4.83. The van der Waals surface area contributed by atoms with Crippen LogP contribution in [-0.2, 0) is 6.42 Å². The molecule has 0 bridgehead atoms. The second kappa shape index (κ2) is 4.09. The van der Waals surface area contributed by atoms with Gasteiger partial charge in [-0.05, 0) is 12.8 Å². The standard InChI is InChI=1S/C8H13NO/c1-2-3-4-5-8-6-10-7-9-8/h6-7H,2-5H2,1H3. The minimum atomic E-state index is 1.06. The fourth-order valence-electron chi connectivity index (χ4n) is 0.917. The Bertz CT molecular complexity index is 158. The van der Waals surface area contributed by atoms with E-state index < -0.39 is 0 Å². The number of hydrogen-bond donors (Lipinski definition) is 0. The van der Waals surface area contributed by atoms with Gasteiger partial charge in [0.05, 0.1) is 5.69 Å². The van der Waals surface area contributed by atoms with Crippen LogP contribution in [0.4, 0.5) is 0 Å². The average molecular weight is 139 g/mol. The Morgan fingerprint density at radius 1 is 1.50 bits per heavy atom. The number of rotatable bonds is 4. The summed E-state index contributed by atoms with van der Waals surface area (Å²) in [5.74, 6) is 0. The molecular formula is C8H13NO. The Labute approximate surface area is 61.3 Å². The lowest BCUT2D eigenvalue weighted by Gasteiger charge is -1.91. The molecule has 0 atom stereocenters. The van der Waals surface area contributed by atoms with Crippen molar-refractivity contribution in [2.24, 2.45) is 0 Å². The molecule has 1 aromatic rings. The quantitative estimate of drug-likeness (QED) is 0.599. The first-order chi connectivity index (χ1) is 4.93. The second-order valence-electron chi connectivity index (χ2n) is 2.44. The fourth-order valence-corrected chi connectivity index (χ4v) is 0.917. The molecule has 1 aromatic heterocycles. The van der Waals surface area contributed by atoms with E-state index in [0.717, 1.165) is 12.1 Å². The molecular weight excluding hydrogens is 126 g/mol. The van der Waals surface area contributed by atoms with Crippen LogP contribution in [0.1, 0.15) is 31.9 Å². The van der Waals surface area contributed by atoms with Gasteiger partial charge in [-0.2, -0.15) is 0 Å². The lowest BCUT2D eigenvalue weighted by Crippen LogP contribution is -1.83. The molecule has 2 nitrogen and oxygen atoms in total. The highest BCUT2D eigenvalue weighted by atomic mass is 16.3. The molecule has 0 N–H and O–H groups in total. The van der Waals surface area contributed by atoms with E-state index in [2.05, 4.69) is 11.9 Å². The number of aromatic nitrogens is 1. The zero-order chi connectivity index (χ0) is 7.23. The molecule has 2 heteroatoms. The molecule has 0 aliphatic rings. The highest BCUT2D eigenvalue weighted by Crippen LogP contribution is 2.02. The van der Waals surface area contributed by atoms with E-state index in [1.54, 1.807) is 6.26 Å². The topological polar surface area (TPSA) is 26.0 Å². The van der Waals surface area contributed by atoms with E-state index in [-0.39, 0.29) is 0 Å². The van der Waals surface area contributed by atoms with Crippen LogP contribution in [0.25, 0.3) is 0 Å². The third-order valence-electron chi connectivity index (χ3n) is 1.52. The minimum Gasteiger partial charge on any atom is -0.451 e. The van der Waals surface area contributed by atoms with Gasteiger partial charge in [-0.25, -0.2) is 4.98 Å². The van der Waals surface area contributed by atoms with Crippen molar-refractivity contribution in [1.82, 2.24) is 4.98 Å². The molecule has 0 saturated heterocycles. The summed E-state index contributed by atoms with van der Waals surface area (Å²) in [6, 6.07) is 0. The molecule has 56 valence electrons. The summed E-state index contributed by atoms with van der Waals surface area (Å²) in [6.45, 7) is 2.20. The van der Waals surface area contributed by atoms with Crippen LogP contribution in [-0.4, -0.2) is 4.98 Å². The first-order valence-corrected chi connectivity index (χ1v) is 3.80. The number of hydrogen-bond acceptors (Lipinski definition) is 2. The smallest absolute Gasteiger partial charge is 0.180 e. The summed E-state index contributed by atoms with van der Waals surface area (Å²) < 4.78 is 4.83. The third kappa shape index (κ3) is 2.21. The van der Waals surface area contributed by atoms with Crippen molar-refractivity contribution in [3.63, 3.8) is 0 Å². The molecule has 0 aliphatic heterocycles. The number of aryl methyl sites for hydroxylation is 1. The van der Waals surface area contributed by atoms with Crippen LogP contribution in [0, 0.1) is 0 Å². The summed E-state index contributed by atoms with van der Waals surface area (Å²) in [4.78, 5) is 4.02. The van der Waals surface area contributed by atoms with Crippen LogP contribution < -0.4 is 0 Å². The summed E-state index contributed by atoms with van der Waals surface area (Å²) in [6.07, 6.45) is 8.04. The summed E-state index contributed by atoms with van der Waals surface area (Å²) >= 11 is 0. The van der Waals surface area contributed by atoms with Crippen LogP contribution in [0.2, 0.25) is 0 Å². The van der Waals surface area contributed by atoms with E-state index >= 15 is 0 Å². The Hall–Kier alpha value is -0.790. The van der Waals surface area contributed by atoms with Gasteiger partial charge in [-0.3, -0.25) is 0 Å². The molecule has 0 fully saturated rings. The van der Waals surface area contributed by atoms with Gasteiger partial charge in [0.1, 0.15) is 6.26 Å². The highest BCUT2D eigenvalue weighted by Gasteiger charge is 1.93. The van der Waals surface area contributed by atoms with E-state index in [1.807, 2.05) is 0 Å². The predicted octanol–water partition coefficient (Wildman–Crippen LogP) is 2.41. The highest BCUT2D eigenvalue weighted by molar-refractivity contribution is 4.90. The number of unbranched alkanes of at least 4 members (excludes halogenated alkanes) is 2. The molecule has 0 spiro atoms. The van der Waals surface area contributed by atoms with Crippen molar-refractivity contribution in [2.75, 3.05) is 0 Å². The molecule has 0 radical (unpaired) electrons. The summed E-state index contributed by atoms with van der Waals surface area (Å²) in [7, 11) is 0. The van der Waals surface area contributed by atoms with E-state index in [9.17, 15) is 0 Å². The molecule has 1 heterocycles. The fraction of sp³-hybridized carbons (Fsp3) is 0.625. The Balaban J connectivity index is 2.15. The van der Waals surface area contributed by atoms with Gasteiger partial charge >= 0.3 is 0 Å². The summed E-state index contributed by atoms with van der Waals surface area (Å²) in [5.41, 5.74) is 1.08. The molecule has 0 aliphatic carbocycles. The van der Waals surface area contributed by atoms with Crippen molar-refractivity contribution in [3.05, 3.63) is 18.4 Å². The van der Waals surface area contributed by atoms with Crippen molar-refractivity contribution in [3.8, 4) is 0 Å². The molecule has 10 heavy (non-hydrogen) atoms. The largest absolute Gasteiger partial charge is 0.451 e. The van der Waals surface area contributed by atoms with Crippen molar-refractivity contribution >= 4 is 0 Å². The normalized spacial score (nSPS) is 10.1. The van der Waals surface area contributed by atoms with Crippen molar-refractivity contribution in [1.29, 1.82) is 0 Å². The average Bonchev–Trinajstić information content (AvgIpc) is 2.41. The van der Waals surface area contributed by atoms with E-state index in [4.69, 9.17) is 4.42 Å². The Morgan fingerprint density at radius 2 is 2.40 bits per heavy atom. The van der Waals surface area contributed by atoms with Gasteiger partial charge in [0.25, 0.3) is 0 Å². The SMILES string of the molecule is CCCCCc1cocn1. The van der Waals surface area contributed by atoms with Gasteiger partial charge in [0.2, 0.25) is 0 Å². The lowest BCUT2D eigenvalue weighted by molar-refractivity contribution is 0.555. The maximum Gasteiger partial charge on any atom is 0.180 e. The first kappa shape index (κ1) is 7.32. The van der Waals surface area contributed by atoms with Gasteiger partial charge in [-0.15, -0.1) is 0 Å². The second-order valence-corrected chi connectivity index (χ2v) is 2.44.